The van der Waals surface area contributed by atoms with E-state index < -0.39 is 0 Å². The zero-order valence-corrected chi connectivity index (χ0v) is 12.0. The Labute approximate surface area is 109 Å². The van der Waals surface area contributed by atoms with Crippen LogP contribution in [0.3, 0.4) is 0 Å². The highest BCUT2D eigenvalue weighted by Crippen LogP contribution is 2.17. The Morgan fingerprint density at radius 1 is 1.33 bits per heavy atom. The summed E-state index contributed by atoms with van der Waals surface area (Å²) in [7, 11) is 3.55. The fourth-order valence-corrected chi connectivity index (χ4v) is 1.42. The fraction of sp³-hybridized carbons (Fsp3) is 0.615. The van der Waals surface area contributed by atoms with Gasteiger partial charge in [0.2, 0.25) is 0 Å². The molecule has 0 saturated carbocycles. The van der Waals surface area contributed by atoms with E-state index in [1.807, 2.05) is 27.7 Å². The van der Waals surface area contributed by atoms with E-state index in [9.17, 15) is 4.79 Å². The molecule has 0 bridgehead atoms. The second kappa shape index (κ2) is 5.80. The van der Waals surface area contributed by atoms with E-state index in [0.29, 0.717) is 17.2 Å². The minimum Gasteiger partial charge on any atom is -0.385 e. The van der Waals surface area contributed by atoms with Crippen molar-refractivity contribution in [1.29, 1.82) is 0 Å². The molecule has 0 aromatic carbocycles. The van der Waals surface area contributed by atoms with Gasteiger partial charge >= 0.3 is 0 Å². The first-order valence-electron chi connectivity index (χ1n) is 6.20. The maximum Gasteiger partial charge on any atom is 0.274 e. The molecule has 1 N–H and O–H groups in total. The van der Waals surface area contributed by atoms with Crippen molar-refractivity contribution in [3.63, 3.8) is 0 Å². The van der Waals surface area contributed by atoms with Crippen LogP contribution in [0.15, 0.2) is 6.20 Å². The lowest BCUT2D eigenvalue weighted by Crippen LogP contribution is -2.34. The van der Waals surface area contributed by atoms with Crippen molar-refractivity contribution in [1.82, 2.24) is 14.9 Å². The highest BCUT2D eigenvalue weighted by Gasteiger charge is 2.20. The molecule has 1 amide bonds. The quantitative estimate of drug-likeness (QED) is 0.889. The number of hydrogen-bond acceptors (Lipinski definition) is 4. The molecule has 100 valence electrons. The number of rotatable bonds is 4. The summed E-state index contributed by atoms with van der Waals surface area (Å²) in [6.07, 6.45) is 1.67. The molecular weight excluding hydrogens is 228 g/mol. The van der Waals surface area contributed by atoms with Gasteiger partial charge in [-0.25, -0.2) is 9.97 Å². The molecule has 0 saturated heterocycles. The molecule has 1 rings (SSSR count). The van der Waals surface area contributed by atoms with Gasteiger partial charge in [-0.1, -0.05) is 13.8 Å². The molecule has 0 fully saturated rings. The zero-order valence-electron chi connectivity index (χ0n) is 12.0. The molecule has 1 aromatic rings. The molecule has 0 spiro atoms. The molecular formula is C13H22N4O. The Hall–Kier alpha value is -1.65. The van der Waals surface area contributed by atoms with Crippen LogP contribution in [0.5, 0.6) is 0 Å². The third-order valence-corrected chi connectivity index (χ3v) is 2.89. The molecule has 0 unspecified atom stereocenters. The predicted molar refractivity (Wildman–Crippen MR) is 72.9 cm³/mol. The minimum atomic E-state index is -0.0846. The zero-order chi connectivity index (χ0) is 13.9. The molecule has 0 radical (unpaired) electrons. The second-order valence-corrected chi connectivity index (χ2v) is 4.90. The summed E-state index contributed by atoms with van der Waals surface area (Å²) >= 11 is 0. The van der Waals surface area contributed by atoms with Crippen molar-refractivity contribution in [2.45, 2.75) is 39.7 Å². The molecule has 0 aliphatic carbocycles. The van der Waals surface area contributed by atoms with E-state index in [-0.39, 0.29) is 17.9 Å². The highest BCUT2D eigenvalue weighted by molar-refractivity contribution is 5.97. The van der Waals surface area contributed by atoms with Crippen LogP contribution < -0.4 is 5.32 Å². The van der Waals surface area contributed by atoms with Crippen molar-refractivity contribution in [3.8, 4) is 0 Å². The first-order valence-corrected chi connectivity index (χ1v) is 6.20. The lowest BCUT2D eigenvalue weighted by molar-refractivity contribution is 0.0749. The first-order chi connectivity index (χ1) is 8.38. The number of nitrogens with zero attached hydrogens (tertiary/aromatic N) is 3. The Balaban J connectivity index is 3.19. The smallest absolute Gasteiger partial charge is 0.274 e. The lowest BCUT2D eigenvalue weighted by Gasteiger charge is -2.22. The highest BCUT2D eigenvalue weighted by atomic mass is 16.2. The third-order valence-electron chi connectivity index (χ3n) is 2.89. The molecule has 1 heterocycles. The normalized spacial score (nSPS) is 10.9. The molecule has 1 aromatic heterocycles. The van der Waals surface area contributed by atoms with Gasteiger partial charge in [-0.15, -0.1) is 0 Å². The average molecular weight is 250 g/mol. The van der Waals surface area contributed by atoms with Gasteiger partial charge in [0.05, 0.1) is 11.9 Å². The average Bonchev–Trinajstić information content (AvgIpc) is 2.35. The maximum absolute atomic E-state index is 12.3. The van der Waals surface area contributed by atoms with Crippen LogP contribution in [0.25, 0.3) is 0 Å². The van der Waals surface area contributed by atoms with Crippen LogP contribution in [0.2, 0.25) is 0 Å². The van der Waals surface area contributed by atoms with Gasteiger partial charge in [0.15, 0.2) is 5.69 Å². The Morgan fingerprint density at radius 2 is 1.94 bits per heavy atom. The number of anilines is 1. The van der Waals surface area contributed by atoms with E-state index in [2.05, 4.69) is 15.3 Å². The van der Waals surface area contributed by atoms with Crippen molar-refractivity contribution < 1.29 is 4.79 Å². The maximum atomic E-state index is 12.3. The molecule has 0 atom stereocenters. The van der Waals surface area contributed by atoms with Gasteiger partial charge in [-0.2, -0.15) is 0 Å². The molecule has 5 heteroatoms. The van der Waals surface area contributed by atoms with Crippen LogP contribution in [-0.2, 0) is 0 Å². The minimum absolute atomic E-state index is 0.0846. The van der Waals surface area contributed by atoms with Gasteiger partial charge in [-0.05, 0) is 13.8 Å². The first kappa shape index (κ1) is 14.4. The summed E-state index contributed by atoms with van der Waals surface area (Å²) in [5.74, 6) is 0.806. The van der Waals surface area contributed by atoms with Crippen molar-refractivity contribution in [2.24, 2.45) is 0 Å². The van der Waals surface area contributed by atoms with E-state index in [1.165, 1.54) is 0 Å². The Bertz CT molecular complexity index is 429. The Kier molecular flexibility index (Phi) is 4.64. The van der Waals surface area contributed by atoms with Crippen LogP contribution in [-0.4, -0.2) is 40.9 Å². The summed E-state index contributed by atoms with van der Waals surface area (Å²) in [5.41, 5.74) is 1.10. The number of nitrogens with one attached hydrogen (secondary N) is 1. The molecule has 18 heavy (non-hydrogen) atoms. The molecule has 5 nitrogen and oxygen atoms in total. The lowest BCUT2D eigenvalue weighted by atomic mass is 10.2. The van der Waals surface area contributed by atoms with Crippen LogP contribution in [0.4, 0.5) is 5.69 Å². The largest absolute Gasteiger partial charge is 0.385 e. The SMILES string of the molecule is CNc1cnc(C(C)C)nc1C(=O)N(C)C(C)C. The summed E-state index contributed by atoms with van der Waals surface area (Å²) in [6, 6.07) is 0.139. The third kappa shape index (κ3) is 2.97. The van der Waals surface area contributed by atoms with E-state index >= 15 is 0 Å². The van der Waals surface area contributed by atoms with Crippen LogP contribution >= 0.6 is 0 Å². The van der Waals surface area contributed by atoms with Crippen molar-refractivity contribution in [2.75, 3.05) is 19.4 Å². The van der Waals surface area contributed by atoms with Crippen molar-refractivity contribution in [3.05, 3.63) is 17.7 Å². The van der Waals surface area contributed by atoms with E-state index in [4.69, 9.17) is 0 Å². The number of hydrogen-bond donors (Lipinski definition) is 1. The van der Waals surface area contributed by atoms with Gasteiger partial charge in [-0.3, -0.25) is 4.79 Å². The standard InChI is InChI=1S/C13H22N4O/c1-8(2)12-15-7-10(14-5)11(16-12)13(18)17(6)9(3)4/h7-9,14H,1-6H3. The van der Waals surface area contributed by atoms with Gasteiger partial charge in [0, 0.05) is 26.1 Å². The monoisotopic (exact) mass is 250 g/mol. The van der Waals surface area contributed by atoms with Crippen molar-refractivity contribution >= 4 is 11.6 Å². The van der Waals surface area contributed by atoms with Gasteiger partial charge < -0.3 is 10.2 Å². The molecule has 0 aliphatic rings. The second-order valence-electron chi connectivity index (χ2n) is 4.90. The topological polar surface area (TPSA) is 58.1 Å². The number of carbonyl (C=O) groups excluding carboxylic acids is 1. The number of amides is 1. The molecule has 0 aliphatic heterocycles. The summed E-state index contributed by atoms with van der Waals surface area (Å²) in [6.45, 7) is 7.96. The predicted octanol–water partition coefficient (Wildman–Crippen LogP) is 2.12. The Morgan fingerprint density at radius 3 is 2.39 bits per heavy atom. The van der Waals surface area contributed by atoms with Crippen LogP contribution in [0.1, 0.15) is 49.9 Å². The number of carbonyl (C=O) groups is 1. The summed E-state index contributed by atoms with van der Waals surface area (Å²) in [5, 5.41) is 2.96. The van der Waals surface area contributed by atoms with Gasteiger partial charge in [0.25, 0.3) is 5.91 Å². The fourth-order valence-electron chi connectivity index (χ4n) is 1.42. The summed E-state index contributed by atoms with van der Waals surface area (Å²) in [4.78, 5) is 22.6. The van der Waals surface area contributed by atoms with Crippen LogP contribution in [0, 0.1) is 0 Å². The number of aromatic nitrogens is 2. The summed E-state index contributed by atoms with van der Waals surface area (Å²) < 4.78 is 0. The van der Waals surface area contributed by atoms with E-state index in [0.717, 1.165) is 0 Å². The van der Waals surface area contributed by atoms with E-state index in [1.54, 1.807) is 25.2 Å². The van der Waals surface area contributed by atoms with Gasteiger partial charge in [0.1, 0.15) is 5.82 Å².